The molecule has 1 unspecified atom stereocenters. The van der Waals surface area contributed by atoms with Crippen LogP contribution in [-0.4, -0.2) is 27.2 Å². The van der Waals surface area contributed by atoms with Gasteiger partial charge in [0.05, 0.1) is 11.1 Å². The monoisotopic (exact) mass is 343 g/mol. The number of nitrogens with zero attached hydrogens (tertiary/aromatic N) is 1. The zero-order chi connectivity index (χ0) is 17.1. The van der Waals surface area contributed by atoms with Crippen LogP contribution in [0.5, 0.6) is 0 Å². The van der Waals surface area contributed by atoms with Crippen molar-refractivity contribution in [1.82, 2.24) is 4.31 Å². The largest absolute Gasteiger partial charge is 0.295 e. The van der Waals surface area contributed by atoms with E-state index in [1.807, 2.05) is 0 Å². The van der Waals surface area contributed by atoms with Crippen LogP contribution in [0.2, 0.25) is 0 Å². The fourth-order valence-electron chi connectivity index (χ4n) is 3.16. The minimum Gasteiger partial charge on any atom is -0.295 e. The summed E-state index contributed by atoms with van der Waals surface area (Å²) in [6.07, 6.45) is 6.98. The summed E-state index contributed by atoms with van der Waals surface area (Å²) in [6, 6.07) is 6.94. The number of rotatable bonds is 6. The minimum absolute atomic E-state index is 0.0106. The van der Waals surface area contributed by atoms with Gasteiger partial charge in [0.1, 0.15) is 0 Å². The number of unbranched alkanes of at least 4 members (excludes halogenated alkanes) is 1. The molecular weight excluding hydrogens is 322 g/mol. The molecule has 0 bridgehead atoms. The maximum absolute atomic E-state index is 12.6. The Hall–Kier alpha value is -1.88. The van der Waals surface area contributed by atoms with Gasteiger partial charge in [0.15, 0.2) is 5.78 Å². The normalized spacial score (nSPS) is 18.6. The van der Waals surface area contributed by atoms with Crippen LogP contribution in [0, 0.1) is 0 Å². The average molecular weight is 343 g/mol. The second-order valence-electron chi connectivity index (χ2n) is 6.23. The number of carbonyl (C=O) groups is 3. The molecule has 1 aliphatic heterocycles. The van der Waals surface area contributed by atoms with E-state index in [0.29, 0.717) is 17.5 Å². The number of hydrogen-bond acceptors (Lipinski definition) is 4. The third kappa shape index (κ3) is 3.31. The SMILES string of the molecule is CCCCC(SN1C(=O)c2ccccc2C1=O)C1=CC(=O)CCC1. The number of hydrogen-bond donors (Lipinski definition) is 0. The van der Waals surface area contributed by atoms with E-state index in [1.165, 1.54) is 16.3 Å². The highest BCUT2D eigenvalue weighted by atomic mass is 32.2. The van der Waals surface area contributed by atoms with Crippen LogP contribution in [-0.2, 0) is 4.79 Å². The Labute approximate surface area is 146 Å². The summed E-state index contributed by atoms with van der Waals surface area (Å²) in [7, 11) is 0. The molecule has 126 valence electrons. The van der Waals surface area contributed by atoms with Crippen LogP contribution in [0.25, 0.3) is 0 Å². The van der Waals surface area contributed by atoms with Gasteiger partial charge in [-0.3, -0.25) is 14.4 Å². The Morgan fingerprint density at radius 3 is 2.33 bits per heavy atom. The van der Waals surface area contributed by atoms with Crippen LogP contribution in [0.4, 0.5) is 0 Å². The first kappa shape index (κ1) is 17.0. The van der Waals surface area contributed by atoms with Crippen molar-refractivity contribution in [2.45, 2.75) is 50.7 Å². The minimum atomic E-state index is -0.246. The molecule has 4 nitrogen and oxygen atoms in total. The second-order valence-corrected chi connectivity index (χ2v) is 7.37. The Morgan fingerprint density at radius 2 is 1.75 bits per heavy atom. The van der Waals surface area contributed by atoms with Crippen LogP contribution >= 0.6 is 11.9 Å². The quantitative estimate of drug-likeness (QED) is 0.575. The van der Waals surface area contributed by atoms with Crippen LogP contribution in [0.3, 0.4) is 0 Å². The molecule has 1 atom stereocenters. The molecule has 1 heterocycles. The van der Waals surface area contributed by atoms with Gasteiger partial charge in [-0.2, -0.15) is 0 Å². The van der Waals surface area contributed by atoms with Crippen molar-refractivity contribution in [2.75, 3.05) is 0 Å². The first-order valence-corrected chi connectivity index (χ1v) is 9.33. The maximum Gasteiger partial charge on any atom is 0.271 e. The highest BCUT2D eigenvalue weighted by Gasteiger charge is 2.38. The lowest BCUT2D eigenvalue weighted by Crippen LogP contribution is -2.27. The molecule has 0 spiro atoms. The third-order valence-electron chi connectivity index (χ3n) is 4.46. The van der Waals surface area contributed by atoms with Crippen molar-refractivity contribution in [3.05, 3.63) is 47.0 Å². The standard InChI is InChI=1S/C19H21NO3S/c1-2-3-11-17(13-7-6-8-14(21)12-13)24-20-18(22)15-9-4-5-10-16(15)19(20)23/h4-5,9-10,12,17H,2-3,6-8,11H2,1H3. The summed E-state index contributed by atoms with van der Waals surface area (Å²) < 4.78 is 1.28. The number of allylic oxidation sites excluding steroid dienone is 1. The maximum atomic E-state index is 12.6. The molecule has 2 aliphatic rings. The Morgan fingerprint density at radius 1 is 1.08 bits per heavy atom. The number of ketones is 1. The predicted octanol–water partition coefficient (Wildman–Crippen LogP) is 4.17. The topological polar surface area (TPSA) is 54.5 Å². The van der Waals surface area contributed by atoms with Gasteiger partial charge in [-0.1, -0.05) is 37.5 Å². The van der Waals surface area contributed by atoms with E-state index in [4.69, 9.17) is 0 Å². The Bertz CT molecular complexity index is 675. The van der Waals surface area contributed by atoms with Gasteiger partial charge >= 0.3 is 0 Å². The zero-order valence-electron chi connectivity index (χ0n) is 13.8. The molecule has 3 rings (SSSR count). The van der Waals surface area contributed by atoms with E-state index in [-0.39, 0.29) is 22.8 Å². The van der Waals surface area contributed by atoms with E-state index in [0.717, 1.165) is 37.7 Å². The molecule has 1 aromatic rings. The van der Waals surface area contributed by atoms with Crippen LogP contribution < -0.4 is 0 Å². The van der Waals surface area contributed by atoms with Gasteiger partial charge in [0.25, 0.3) is 11.8 Å². The summed E-state index contributed by atoms with van der Waals surface area (Å²) in [4.78, 5) is 36.9. The van der Waals surface area contributed by atoms with Crippen molar-refractivity contribution >= 4 is 29.5 Å². The van der Waals surface area contributed by atoms with Gasteiger partial charge in [0.2, 0.25) is 0 Å². The van der Waals surface area contributed by atoms with Gasteiger partial charge in [0, 0.05) is 11.7 Å². The zero-order valence-corrected chi connectivity index (χ0v) is 14.6. The molecule has 2 amide bonds. The lowest BCUT2D eigenvalue weighted by Gasteiger charge is -2.25. The number of amides is 2. The molecule has 0 saturated carbocycles. The first-order valence-electron chi connectivity index (χ1n) is 8.49. The first-order chi connectivity index (χ1) is 11.6. The van der Waals surface area contributed by atoms with Crippen molar-refractivity contribution < 1.29 is 14.4 Å². The number of carbonyl (C=O) groups excluding carboxylic acids is 3. The van der Waals surface area contributed by atoms with Gasteiger partial charge in [-0.25, -0.2) is 4.31 Å². The lowest BCUT2D eigenvalue weighted by molar-refractivity contribution is -0.115. The van der Waals surface area contributed by atoms with Crippen molar-refractivity contribution in [3.8, 4) is 0 Å². The molecular formula is C19H21NO3S. The fourth-order valence-corrected chi connectivity index (χ4v) is 4.39. The van der Waals surface area contributed by atoms with E-state index >= 15 is 0 Å². The molecule has 0 N–H and O–H groups in total. The predicted molar refractivity (Wildman–Crippen MR) is 94.8 cm³/mol. The molecule has 0 fully saturated rings. The third-order valence-corrected chi connectivity index (χ3v) is 5.79. The van der Waals surface area contributed by atoms with Crippen LogP contribution in [0.15, 0.2) is 35.9 Å². The van der Waals surface area contributed by atoms with E-state index in [1.54, 1.807) is 30.3 Å². The second kappa shape index (κ2) is 7.34. The molecule has 1 aliphatic carbocycles. The number of benzene rings is 1. The van der Waals surface area contributed by atoms with Gasteiger partial charge in [-0.05, 0) is 49.4 Å². The molecule has 0 aromatic heterocycles. The fraction of sp³-hybridized carbons (Fsp3) is 0.421. The van der Waals surface area contributed by atoms with Gasteiger partial charge < -0.3 is 0 Å². The summed E-state index contributed by atoms with van der Waals surface area (Å²) in [5.74, 6) is -0.338. The van der Waals surface area contributed by atoms with Crippen molar-refractivity contribution in [1.29, 1.82) is 0 Å². The van der Waals surface area contributed by atoms with Crippen molar-refractivity contribution in [3.63, 3.8) is 0 Å². The Kier molecular flexibility index (Phi) is 5.19. The highest BCUT2D eigenvalue weighted by molar-refractivity contribution is 7.98. The number of imide groups is 1. The van der Waals surface area contributed by atoms with E-state index in [9.17, 15) is 14.4 Å². The molecule has 24 heavy (non-hydrogen) atoms. The average Bonchev–Trinajstić information content (AvgIpc) is 2.83. The van der Waals surface area contributed by atoms with Gasteiger partial charge in [-0.15, -0.1) is 0 Å². The molecule has 0 saturated heterocycles. The highest BCUT2D eigenvalue weighted by Crippen LogP contribution is 2.37. The molecule has 0 radical (unpaired) electrons. The van der Waals surface area contributed by atoms with E-state index in [2.05, 4.69) is 6.92 Å². The number of fused-ring (bicyclic) bond motifs is 1. The van der Waals surface area contributed by atoms with Crippen molar-refractivity contribution in [2.24, 2.45) is 0 Å². The summed E-state index contributed by atoms with van der Waals surface area (Å²) in [5, 5.41) is 0.0106. The molecule has 1 aromatic carbocycles. The molecule has 5 heteroatoms. The summed E-state index contributed by atoms with van der Waals surface area (Å²) >= 11 is 1.29. The summed E-state index contributed by atoms with van der Waals surface area (Å²) in [5.41, 5.74) is 2.01. The lowest BCUT2D eigenvalue weighted by atomic mass is 9.94. The smallest absolute Gasteiger partial charge is 0.271 e. The Balaban J connectivity index is 1.82. The van der Waals surface area contributed by atoms with Crippen LogP contribution in [0.1, 0.15) is 66.2 Å². The van der Waals surface area contributed by atoms with E-state index < -0.39 is 0 Å². The summed E-state index contributed by atoms with van der Waals surface area (Å²) in [6.45, 7) is 2.12.